The van der Waals surface area contributed by atoms with E-state index in [-0.39, 0.29) is 46.8 Å². The average molecular weight is 471 g/mol. The lowest BCUT2D eigenvalue weighted by atomic mass is 10.1. The summed E-state index contributed by atoms with van der Waals surface area (Å²) in [6.45, 7) is 4.76. The van der Waals surface area contributed by atoms with Gasteiger partial charge >= 0.3 is 0 Å². The number of benzene rings is 2. The van der Waals surface area contributed by atoms with Crippen LogP contribution in [-0.2, 0) is 26.0 Å². The lowest BCUT2D eigenvalue weighted by Crippen LogP contribution is -2.40. The molecule has 0 aromatic heterocycles. The summed E-state index contributed by atoms with van der Waals surface area (Å²) >= 11 is 6.01. The highest BCUT2D eigenvalue weighted by Gasteiger charge is 2.27. The summed E-state index contributed by atoms with van der Waals surface area (Å²) in [5.74, 6) is -0.838. The molecule has 1 saturated heterocycles. The number of anilines is 1. The highest BCUT2D eigenvalue weighted by atomic mass is 35.5. The quantitative estimate of drug-likeness (QED) is 0.669. The van der Waals surface area contributed by atoms with E-state index in [1.807, 2.05) is 13.8 Å². The van der Waals surface area contributed by atoms with Crippen LogP contribution in [0.5, 0.6) is 5.75 Å². The van der Waals surface area contributed by atoms with Crippen molar-refractivity contribution < 1.29 is 27.1 Å². The summed E-state index contributed by atoms with van der Waals surface area (Å²) in [7, 11) is -3.77. The minimum atomic E-state index is -3.77. The third-order valence-electron chi connectivity index (χ3n) is 4.59. The van der Waals surface area contributed by atoms with Gasteiger partial charge in [-0.2, -0.15) is 4.31 Å². The first kappa shape index (κ1) is 23.5. The number of rotatable bonds is 7. The third-order valence-corrected chi connectivity index (χ3v) is 6.84. The molecule has 2 aromatic rings. The normalized spacial score (nSPS) is 15.1. The van der Waals surface area contributed by atoms with Crippen LogP contribution in [0.1, 0.15) is 19.4 Å². The lowest BCUT2D eigenvalue weighted by molar-refractivity contribution is -0.115. The molecule has 1 aliphatic heterocycles. The second-order valence-electron chi connectivity index (χ2n) is 7.27. The van der Waals surface area contributed by atoms with Gasteiger partial charge in [0.2, 0.25) is 15.9 Å². The van der Waals surface area contributed by atoms with Gasteiger partial charge in [-0.3, -0.25) is 4.79 Å². The van der Waals surface area contributed by atoms with Crippen LogP contribution in [0, 0.1) is 5.82 Å². The van der Waals surface area contributed by atoms with E-state index in [0.29, 0.717) is 19.0 Å². The van der Waals surface area contributed by atoms with Crippen molar-refractivity contribution in [2.24, 2.45) is 0 Å². The van der Waals surface area contributed by atoms with Gasteiger partial charge in [0.15, 0.2) is 0 Å². The molecule has 3 rings (SSSR count). The molecule has 1 N–H and O–H groups in total. The molecule has 2 aromatic carbocycles. The third kappa shape index (κ3) is 5.74. The fourth-order valence-corrected chi connectivity index (χ4v) is 4.78. The van der Waals surface area contributed by atoms with Crippen molar-refractivity contribution in [3.05, 3.63) is 52.8 Å². The van der Waals surface area contributed by atoms with E-state index >= 15 is 0 Å². The van der Waals surface area contributed by atoms with Gasteiger partial charge in [0, 0.05) is 23.7 Å². The maximum atomic E-state index is 14.0. The summed E-state index contributed by atoms with van der Waals surface area (Å²) in [6.07, 6.45) is -0.522. The van der Waals surface area contributed by atoms with E-state index < -0.39 is 21.7 Å². The van der Waals surface area contributed by atoms with Crippen LogP contribution in [-0.4, -0.2) is 51.0 Å². The Bertz CT molecular complexity index is 1040. The molecule has 31 heavy (non-hydrogen) atoms. The lowest BCUT2D eigenvalue weighted by Gasteiger charge is -2.26. The molecule has 0 unspecified atom stereocenters. The van der Waals surface area contributed by atoms with Gasteiger partial charge in [-0.05, 0) is 44.2 Å². The number of hydrogen-bond acceptors (Lipinski definition) is 5. The Kier molecular flexibility index (Phi) is 7.53. The van der Waals surface area contributed by atoms with E-state index in [1.165, 1.54) is 40.7 Å². The van der Waals surface area contributed by atoms with Crippen LogP contribution in [0.25, 0.3) is 0 Å². The van der Waals surface area contributed by atoms with E-state index in [2.05, 4.69) is 5.32 Å². The number of ether oxygens (including phenoxy) is 2. The van der Waals surface area contributed by atoms with Crippen molar-refractivity contribution in [3.8, 4) is 5.75 Å². The predicted molar refractivity (Wildman–Crippen MR) is 116 cm³/mol. The number of carbonyl (C=O) groups excluding carboxylic acids is 1. The average Bonchev–Trinajstić information content (AvgIpc) is 2.72. The molecule has 0 aliphatic carbocycles. The molecule has 0 atom stereocenters. The van der Waals surface area contributed by atoms with Crippen molar-refractivity contribution in [1.29, 1.82) is 0 Å². The molecule has 1 fully saturated rings. The van der Waals surface area contributed by atoms with E-state index in [4.69, 9.17) is 21.1 Å². The first-order chi connectivity index (χ1) is 14.7. The Hall–Kier alpha value is -2.20. The highest BCUT2D eigenvalue weighted by molar-refractivity contribution is 7.89. The van der Waals surface area contributed by atoms with E-state index in [9.17, 15) is 17.6 Å². The molecule has 0 radical (unpaired) electrons. The molecule has 1 amide bonds. The van der Waals surface area contributed by atoms with Gasteiger partial charge in [0.05, 0.1) is 36.3 Å². The number of sulfonamides is 1. The summed E-state index contributed by atoms with van der Waals surface area (Å²) in [5, 5.41) is 2.77. The Morgan fingerprint density at radius 2 is 1.97 bits per heavy atom. The van der Waals surface area contributed by atoms with Crippen molar-refractivity contribution in [1.82, 2.24) is 4.31 Å². The monoisotopic (exact) mass is 470 g/mol. The molecule has 0 bridgehead atoms. The summed E-state index contributed by atoms with van der Waals surface area (Å²) in [4.78, 5) is 12.6. The van der Waals surface area contributed by atoms with Crippen molar-refractivity contribution in [2.45, 2.75) is 31.3 Å². The van der Waals surface area contributed by atoms with Crippen LogP contribution in [0.2, 0.25) is 5.02 Å². The van der Waals surface area contributed by atoms with Crippen molar-refractivity contribution >= 4 is 33.2 Å². The predicted octanol–water partition coefficient (Wildman–Crippen LogP) is 3.47. The van der Waals surface area contributed by atoms with Crippen molar-refractivity contribution in [3.63, 3.8) is 0 Å². The SMILES string of the molecule is CC(C)Oc1ccc(S(=O)(=O)N2CCOCC2)cc1NC(=O)Cc1c(F)cccc1Cl. The van der Waals surface area contributed by atoms with Gasteiger partial charge < -0.3 is 14.8 Å². The second kappa shape index (κ2) is 9.95. The zero-order valence-corrected chi connectivity index (χ0v) is 18.8. The second-order valence-corrected chi connectivity index (χ2v) is 9.61. The zero-order chi connectivity index (χ0) is 22.6. The first-order valence-electron chi connectivity index (χ1n) is 9.80. The minimum absolute atomic E-state index is 0.0183. The van der Waals surface area contributed by atoms with Crippen LogP contribution >= 0.6 is 11.6 Å². The smallest absolute Gasteiger partial charge is 0.243 e. The molecular weight excluding hydrogens is 447 g/mol. The maximum Gasteiger partial charge on any atom is 0.243 e. The topological polar surface area (TPSA) is 84.9 Å². The number of nitrogens with one attached hydrogen (secondary N) is 1. The Balaban J connectivity index is 1.89. The van der Waals surface area contributed by atoms with Gasteiger partial charge in [-0.25, -0.2) is 12.8 Å². The highest BCUT2D eigenvalue weighted by Crippen LogP contribution is 2.31. The molecular formula is C21H24ClFN2O5S. The number of carbonyl (C=O) groups is 1. The van der Waals surface area contributed by atoms with Gasteiger partial charge in [0.1, 0.15) is 11.6 Å². The standard InChI is InChI=1S/C21H24ClFN2O5S/c1-14(2)30-20-7-6-15(31(27,28)25-8-10-29-11-9-25)12-19(20)24-21(26)13-16-17(22)4-3-5-18(16)23/h3-7,12,14H,8-11,13H2,1-2H3,(H,24,26). The Morgan fingerprint density at radius 1 is 1.26 bits per heavy atom. The fraction of sp³-hybridized carbons (Fsp3) is 0.381. The number of morpholine rings is 1. The summed E-state index contributed by atoms with van der Waals surface area (Å²) in [6, 6.07) is 8.45. The summed E-state index contributed by atoms with van der Waals surface area (Å²) in [5.41, 5.74) is 0.241. The summed E-state index contributed by atoms with van der Waals surface area (Å²) < 4.78 is 52.3. The van der Waals surface area contributed by atoms with Gasteiger partial charge in [-0.1, -0.05) is 17.7 Å². The Morgan fingerprint density at radius 3 is 2.61 bits per heavy atom. The van der Waals surface area contributed by atoms with Crippen LogP contribution in [0.15, 0.2) is 41.3 Å². The maximum absolute atomic E-state index is 14.0. The van der Waals surface area contributed by atoms with Crippen LogP contribution < -0.4 is 10.1 Å². The van der Waals surface area contributed by atoms with Crippen LogP contribution in [0.3, 0.4) is 0 Å². The minimum Gasteiger partial charge on any atom is -0.489 e. The first-order valence-corrected chi connectivity index (χ1v) is 11.6. The number of amides is 1. The fourth-order valence-electron chi connectivity index (χ4n) is 3.12. The van der Waals surface area contributed by atoms with Crippen molar-refractivity contribution in [2.75, 3.05) is 31.6 Å². The number of halogens is 2. The number of hydrogen-bond donors (Lipinski definition) is 1. The van der Waals surface area contributed by atoms with E-state index in [0.717, 1.165) is 0 Å². The number of nitrogens with zero attached hydrogens (tertiary/aromatic N) is 1. The molecule has 0 saturated carbocycles. The molecule has 10 heteroatoms. The molecule has 0 spiro atoms. The molecule has 1 aliphatic rings. The Labute approximate surface area is 186 Å². The largest absolute Gasteiger partial charge is 0.489 e. The molecule has 168 valence electrons. The zero-order valence-electron chi connectivity index (χ0n) is 17.2. The van der Waals surface area contributed by atoms with Gasteiger partial charge in [0.25, 0.3) is 0 Å². The molecule has 1 heterocycles. The van der Waals surface area contributed by atoms with Crippen LogP contribution in [0.4, 0.5) is 10.1 Å². The van der Waals surface area contributed by atoms with Gasteiger partial charge in [-0.15, -0.1) is 0 Å². The molecule has 7 nitrogen and oxygen atoms in total. The van der Waals surface area contributed by atoms with E-state index in [1.54, 1.807) is 0 Å².